The number of phenolic OH excluding ortho intramolecular Hbond substituents is 2. The average Bonchev–Trinajstić information content (AvgIpc) is 2.56. The first kappa shape index (κ1) is 13.3. The Morgan fingerprint density at radius 1 is 0.739 bits per heavy atom. The first-order chi connectivity index (χ1) is 11.1. The van der Waals surface area contributed by atoms with Crippen molar-refractivity contribution in [1.82, 2.24) is 0 Å². The zero-order chi connectivity index (χ0) is 16.1. The number of hydrogen-bond donors (Lipinski definition) is 2. The van der Waals surface area contributed by atoms with Crippen molar-refractivity contribution in [2.45, 2.75) is 0 Å². The van der Waals surface area contributed by atoms with Crippen LogP contribution in [0, 0.1) is 0 Å². The molecule has 1 aliphatic heterocycles. The van der Waals surface area contributed by atoms with Gasteiger partial charge in [0, 0.05) is 10.8 Å². The smallest absolute Gasteiger partial charge is 0.346 e. The summed E-state index contributed by atoms with van der Waals surface area (Å²) in [4.78, 5) is 23.9. The van der Waals surface area contributed by atoms with E-state index in [4.69, 9.17) is 0 Å². The minimum Gasteiger partial charge on any atom is -0.504 e. The van der Waals surface area contributed by atoms with Gasteiger partial charge in [0.05, 0.1) is 11.1 Å². The van der Waals surface area contributed by atoms with Gasteiger partial charge >= 0.3 is 11.9 Å². The van der Waals surface area contributed by atoms with Gasteiger partial charge in [0.25, 0.3) is 0 Å². The van der Waals surface area contributed by atoms with Gasteiger partial charge in [-0.1, -0.05) is 36.4 Å². The second-order valence-electron chi connectivity index (χ2n) is 5.25. The third-order valence-electron chi connectivity index (χ3n) is 3.95. The van der Waals surface area contributed by atoms with E-state index in [-0.39, 0.29) is 22.3 Å². The molecule has 3 aromatic rings. The summed E-state index contributed by atoms with van der Waals surface area (Å²) in [6, 6.07) is 13.5. The zero-order valence-corrected chi connectivity index (χ0v) is 11.7. The lowest BCUT2D eigenvalue weighted by Crippen LogP contribution is -2.19. The topological polar surface area (TPSA) is 83.8 Å². The average molecular weight is 306 g/mol. The van der Waals surface area contributed by atoms with E-state index in [0.717, 1.165) is 11.6 Å². The fourth-order valence-electron chi connectivity index (χ4n) is 2.92. The van der Waals surface area contributed by atoms with E-state index >= 15 is 0 Å². The molecule has 3 aromatic carbocycles. The minimum absolute atomic E-state index is 0.0580. The number of carbonyl (C=O) groups excluding carboxylic acids is 2. The van der Waals surface area contributed by atoms with Gasteiger partial charge in [-0.2, -0.15) is 0 Å². The van der Waals surface area contributed by atoms with Crippen LogP contribution < -0.4 is 0 Å². The van der Waals surface area contributed by atoms with Crippen LogP contribution in [0.4, 0.5) is 0 Å². The molecule has 0 bridgehead atoms. The molecule has 112 valence electrons. The van der Waals surface area contributed by atoms with Crippen LogP contribution in [0.25, 0.3) is 21.9 Å². The Morgan fingerprint density at radius 3 is 2.13 bits per heavy atom. The predicted molar refractivity (Wildman–Crippen MR) is 82.5 cm³/mol. The summed E-state index contributed by atoms with van der Waals surface area (Å²) >= 11 is 0. The highest BCUT2D eigenvalue weighted by molar-refractivity contribution is 6.24. The van der Waals surface area contributed by atoms with E-state index in [0.29, 0.717) is 10.9 Å². The Kier molecular flexibility index (Phi) is 2.65. The number of ether oxygens (including phenoxy) is 1. The van der Waals surface area contributed by atoms with Gasteiger partial charge in [-0.3, -0.25) is 0 Å². The number of cyclic esters (lactones) is 2. The van der Waals surface area contributed by atoms with Crippen molar-refractivity contribution in [2.24, 2.45) is 0 Å². The Hall–Kier alpha value is -3.34. The van der Waals surface area contributed by atoms with Gasteiger partial charge in [-0.05, 0) is 23.3 Å². The highest BCUT2D eigenvalue weighted by Gasteiger charge is 2.31. The molecule has 0 saturated carbocycles. The molecule has 0 unspecified atom stereocenters. The number of hydrogen-bond acceptors (Lipinski definition) is 5. The molecule has 0 spiro atoms. The highest BCUT2D eigenvalue weighted by atomic mass is 16.6. The highest BCUT2D eigenvalue weighted by Crippen LogP contribution is 2.44. The number of aromatic hydroxyl groups is 2. The van der Waals surface area contributed by atoms with E-state index < -0.39 is 17.7 Å². The number of esters is 2. The molecule has 0 aromatic heterocycles. The van der Waals surface area contributed by atoms with Crippen LogP contribution in [0.15, 0.2) is 48.5 Å². The number of phenols is 2. The Balaban J connectivity index is 2.22. The summed E-state index contributed by atoms with van der Waals surface area (Å²) in [5.74, 6) is -2.41. The van der Waals surface area contributed by atoms with E-state index in [2.05, 4.69) is 4.74 Å². The quantitative estimate of drug-likeness (QED) is 0.409. The van der Waals surface area contributed by atoms with Crippen molar-refractivity contribution in [1.29, 1.82) is 0 Å². The Bertz CT molecular complexity index is 989. The molecule has 2 N–H and O–H groups in total. The fourth-order valence-corrected chi connectivity index (χ4v) is 2.92. The molecule has 5 nitrogen and oxygen atoms in total. The number of rotatable bonds is 1. The van der Waals surface area contributed by atoms with Crippen LogP contribution in [-0.4, -0.2) is 22.2 Å². The lowest BCUT2D eigenvalue weighted by atomic mass is 9.90. The van der Waals surface area contributed by atoms with Crippen molar-refractivity contribution < 1.29 is 24.5 Å². The van der Waals surface area contributed by atoms with Gasteiger partial charge in [0.2, 0.25) is 0 Å². The largest absolute Gasteiger partial charge is 0.504 e. The first-order valence-corrected chi connectivity index (χ1v) is 6.91. The lowest BCUT2D eigenvalue weighted by Gasteiger charge is -2.19. The van der Waals surface area contributed by atoms with Gasteiger partial charge in [0.1, 0.15) is 0 Å². The van der Waals surface area contributed by atoms with Crippen LogP contribution in [-0.2, 0) is 4.74 Å². The molecule has 4 rings (SSSR count). The molecule has 1 heterocycles. The second-order valence-corrected chi connectivity index (χ2v) is 5.25. The summed E-state index contributed by atoms with van der Waals surface area (Å²) in [5, 5.41) is 20.8. The van der Waals surface area contributed by atoms with Crippen LogP contribution in [0.3, 0.4) is 0 Å². The van der Waals surface area contributed by atoms with Gasteiger partial charge < -0.3 is 14.9 Å². The summed E-state index contributed by atoms with van der Waals surface area (Å²) in [5.41, 5.74) is 1.64. The van der Waals surface area contributed by atoms with Crippen molar-refractivity contribution in [3.63, 3.8) is 0 Å². The molecular weight excluding hydrogens is 296 g/mol. The summed E-state index contributed by atoms with van der Waals surface area (Å²) < 4.78 is 4.67. The van der Waals surface area contributed by atoms with E-state index in [1.54, 1.807) is 12.1 Å². The minimum atomic E-state index is -0.840. The normalized spacial score (nSPS) is 13.2. The predicted octanol–water partition coefficient (Wildman–Crippen LogP) is 3.23. The molecule has 0 radical (unpaired) electrons. The van der Waals surface area contributed by atoms with Crippen molar-refractivity contribution >= 4 is 22.7 Å². The maximum absolute atomic E-state index is 12.0. The molecule has 1 aliphatic rings. The standard InChI is InChI=1S/C18H10O5/c19-13-8-12-14-11(17(21)23-18(12)22)7-6-10(15(14)16(13)20)9-4-2-1-3-5-9/h1-8,19-20H. The molecule has 0 saturated heterocycles. The first-order valence-electron chi connectivity index (χ1n) is 6.91. The third-order valence-corrected chi connectivity index (χ3v) is 3.95. The summed E-state index contributed by atoms with van der Waals surface area (Å²) in [6.07, 6.45) is 0. The van der Waals surface area contributed by atoms with Gasteiger partial charge in [-0.15, -0.1) is 0 Å². The van der Waals surface area contributed by atoms with E-state index in [1.807, 2.05) is 30.3 Å². The zero-order valence-electron chi connectivity index (χ0n) is 11.7. The van der Waals surface area contributed by atoms with Crippen LogP contribution in [0.2, 0.25) is 0 Å². The molecule has 0 fully saturated rings. The molecule has 0 amide bonds. The van der Waals surface area contributed by atoms with E-state index in [1.165, 1.54) is 0 Å². The maximum atomic E-state index is 12.0. The van der Waals surface area contributed by atoms with E-state index in [9.17, 15) is 19.8 Å². The maximum Gasteiger partial charge on any atom is 0.346 e. The monoisotopic (exact) mass is 306 g/mol. The Labute approximate surface area is 130 Å². The van der Waals surface area contributed by atoms with Crippen LogP contribution in [0.5, 0.6) is 11.5 Å². The van der Waals surface area contributed by atoms with Crippen molar-refractivity contribution in [3.05, 3.63) is 59.7 Å². The lowest BCUT2D eigenvalue weighted by molar-refractivity contribution is 0.0391. The number of benzene rings is 3. The summed E-state index contributed by atoms with van der Waals surface area (Å²) in [6.45, 7) is 0. The summed E-state index contributed by atoms with van der Waals surface area (Å²) in [7, 11) is 0. The van der Waals surface area contributed by atoms with Crippen molar-refractivity contribution in [2.75, 3.05) is 0 Å². The molecular formula is C18H10O5. The second kappa shape index (κ2) is 4.58. The molecule has 5 heteroatoms. The fraction of sp³-hybridized carbons (Fsp3) is 0. The van der Waals surface area contributed by atoms with Crippen molar-refractivity contribution in [3.8, 4) is 22.6 Å². The third kappa shape index (κ3) is 1.80. The SMILES string of the molecule is O=C1OC(=O)c2cc(O)c(O)c3c(-c4ccccc4)ccc1c23. The molecule has 0 aliphatic carbocycles. The van der Waals surface area contributed by atoms with Crippen LogP contribution >= 0.6 is 0 Å². The molecule has 0 atom stereocenters. The van der Waals surface area contributed by atoms with Crippen LogP contribution in [0.1, 0.15) is 20.7 Å². The molecule has 23 heavy (non-hydrogen) atoms. The number of carbonyl (C=O) groups is 2. The van der Waals surface area contributed by atoms with Gasteiger partial charge in [0.15, 0.2) is 11.5 Å². The Morgan fingerprint density at radius 2 is 1.39 bits per heavy atom. The van der Waals surface area contributed by atoms with Gasteiger partial charge in [-0.25, -0.2) is 9.59 Å².